The minimum absolute atomic E-state index is 0. The Labute approximate surface area is 105 Å². The number of amides is 1. The molecular weight excluding hydrogens is 250 g/mol. The summed E-state index contributed by atoms with van der Waals surface area (Å²) in [5, 5.41) is 0. The molecule has 3 nitrogen and oxygen atoms in total. The molecule has 0 bridgehead atoms. The highest BCUT2D eigenvalue weighted by molar-refractivity contribution is 5.85. The Morgan fingerprint density at radius 1 is 1.41 bits per heavy atom. The van der Waals surface area contributed by atoms with Gasteiger partial charge < -0.3 is 10.6 Å². The van der Waals surface area contributed by atoms with Crippen molar-refractivity contribution in [3.05, 3.63) is 35.4 Å². The fraction of sp³-hybridized carbons (Fsp3) is 0.364. The second-order valence-electron chi connectivity index (χ2n) is 3.73. The predicted octanol–water partition coefficient (Wildman–Crippen LogP) is 1.69. The van der Waals surface area contributed by atoms with Crippen LogP contribution in [0, 0.1) is 11.6 Å². The first kappa shape index (κ1) is 15.8. The Bertz CT molecular complexity index is 399. The Balaban J connectivity index is 0.00000256. The van der Waals surface area contributed by atoms with Crippen LogP contribution in [0.5, 0.6) is 0 Å². The first-order chi connectivity index (χ1) is 7.41. The van der Waals surface area contributed by atoms with Gasteiger partial charge in [0.1, 0.15) is 0 Å². The van der Waals surface area contributed by atoms with E-state index in [1.165, 1.54) is 11.0 Å². The predicted molar refractivity (Wildman–Crippen MR) is 63.7 cm³/mol. The van der Waals surface area contributed by atoms with E-state index in [9.17, 15) is 13.6 Å². The van der Waals surface area contributed by atoms with Gasteiger partial charge in [-0.2, -0.15) is 0 Å². The Morgan fingerprint density at radius 2 is 2.00 bits per heavy atom. The number of carbonyl (C=O) groups is 1. The molecule has 0 aromatic heterocycles. The van der Waals surface area contributed by atoms with Gasteiger partial charge in [-0.1, -0.05) is 6.07 Å². The second-order valence-corrected chi connectivity index (χ2v) is 3.73. The van der Waals surface area contributed by atoms with E-state index in [0.717, 1.165) is 12.1 Å². The highest BCUT2D eigenvalue weighted by Gasteiger charge is 2.14. The zero-order chi connectivity index (χ0) is 12.3. The number of nitrogens with two attached hydrogens (primary N) is 1. The van der Waals surface area contributed by atoms with Gasteiger partial charge >= 0.3 is 0 Å². The molecule has 96 valence electrons. The van der Waals surface area contributed by atoms with Gasteiger partial charge in [0.15, 0.2) is 11.6 Å². The molecule has 0 saturated heterocycles. The van der Waals surface area contributed by atoms with Crippen molar-refractivity contribution in [2.45, 2.75) is 19.5 Å². The maximum absolute atomic E-state index is 12.9. The Morgan fingerprint density at radius 3 is 2.47 bits per heavy atom. The van der Waals surface area contributed by atoms with Crippen LogP contribution in [0.25, 0.3) is 0 Å². The van der Waals surface area contributed by atoms with Crippen LogP contribution in [0.15, 0.2) is 18.2 Å². The zero-order valence-electron chi connectivity index (χ0n) is 9.61. The average Bonchev–Trinajstić information content (AvgIpc) is 2.22. The first-order valence-electron chi connectivity index (χ1n) is 4.86. The Hall–Kier alpha value is -1.20. The minimum Gasteiger partial charge on any atom is -0.340 e. The summed E-state index contributed by atoms with van der Waals surface area (Å²) >= 11 is 0. The highest BCUT2D eigenvalue weighted by atomic mass is 35.5. The number of hydrogen-bond donors (Lipinski definition) is 1. The van der Waals surface area contributed by atoms with Crippen LogP contribution in [-0.2, 0) is 11.3 Å². The molecule has 2 N–H and O–H groups in total. The molecule has 0 radical (unpaired) electrons. The molecule has 6 heteroatoms. The van der Waals surface area contributed by atoms with E-state index in [4.69, 9.17) is 5.73 Å². The summed E-state index contributed by atoms with van der Waals surface area (Å²) in [5.41, 5.74) is 5.94. The molecule has 0 saturated carbocycles. The molecule has 17 heavy (non-hydrogen) atoms. The standard InChI is InChI=1S/C11H14F2N2O.ClH/c1-7(14)11(16)15(2)6-8-3-4-9(12)10(13)5-8;/h3-5,7H,6,14H2,1-2H3;1H/t7-;/m1./s1. The normalized spacial score (nSPS) is 11.6. The van der Waals surface area contributed by atoms with Gasteiger partial charge in [0.05, 0.1) is 6.04 Å². The maximum Gasteiger partial charge on any atom is 0.239 e. The van der Waals surface area contributed by atoms with Gasteiger partial charge in [-0.05, 0) is 24.6 Å². The molecule has 0 spiro atoms. The lowest BCUT2D eigenvalue weighted by atomic mass is 10.2. The van der Waals surface area contributed by atoms with Crippen molar-refractivity contribution in [1.82, 2.24) is 4.90 Å². The van der Waals surface area contributed by atoms with Crippen molar-refractivity contribution in [2.75, 3.05) is 7.05 Å². The number of halogens is 3. The van der Waals surface area contributed by atoms with Crippen LogP contribution in [0.4, 0.5) is 8.78 Å². The summed E-state index contributed by atoms with van der Waals surface area (Å²) in [6.45, 7) is 1.78. The topological polar surface area (TPSA) is 46.3 Å². The van der Waals surface area contributed by atoms with Crippen LogP contribution < -0.4 is 5.73 Å². The molecule has 0 aliphatic carbocycles. The number of nitrogens with zero attached hydrogens (tertiary/aromatic N) is 1. The van der Waals surface area contributed by atoms with E-state index >= 15 is 0 Å². The van der Waals surface area contributed by atoms with Crippen LogP contribution in [-0.4, -0.2) is 23.9 Å². The lowest BCUT2D eigenvalue weighted by Gasteiger charge is -2.19. The number of likely N-dealkylation sites (N-methyl/N-ethyl adjacent to an activating group) is 1. The van der Waals surface area contributed by atoms with Gasteiger partial charge in [-0.25, -0.2) is 8.78 Å². The van der Waals surface area contributed by atoms with Crippen LogP contribution >= 0.6 is 12.4 Å². The van der Waals surface area contributed by atoms with Crippen molar-refractivity contribution in [3.8, 4) is 0 Å². The maximum atomic E-state index is 12.9. The lowest BCUT2D eigenvalue weighted by Crippen LogP contribution is -2.39. The summed E-state index contributed by atoms with van der Waals surface area (Å²) in [6, 6.07) is 2.94. The number of carbonyl (C=O) groups excluding carboxylic acids is 1. The van der Waals surface area contributed by atoms with Crippen molar-refractivity contribution < 1.29 is 13.6 Å². The van der Waals surface area contributed by atoms with E-state index in [1.54, 1.807) is 14.0 Å². The van der Waals surface area contributed by atoms with Gasteiger partial charge in [-0.15, -0.1) is 12.4 Å². The monoisotopic (exact) mass is 264 g/mol. The molecule has 0 fully saturated rings. The van der Waals surface area contributed by atoms with E-state index in [1.807, 2.05) is 0 Å². The molecule has 1 aromatic rings. The van der Waals surface area contributed by atoms with Crippen molar-refractivity contribution in [2.24, 2.45) is 5.73 Å². The third kappa shape index (κ3) is 4.28. The summed E-state index contributed by atoms with van der Waals surface area (Å²) < 4.78 is 25.5. The summed E-state index contributed by atoms with van der Waals surface area (Å²) in [4.78, 5) is 12.8. The lowest BCUT2D eigenvalue weighted by molar-refractivity contribution is -0.131. The fourth-order valence-electron chi connectivity index (χ4n) is 1.34. The molecule has 1 atom stereocenters. The van der Waals surface area contributed by atoms with E-state index in [0.29, 0.717) is 5.56 Å². The van der Waals surface area contributed by atoms with Crippen molar-refractivity contribution in [1.29, 1.82) is 0 Å². The molecular formula is C11H15ClF2N2O. The average molecular weight is 265 g/mol. The third-order valence-corrected chi connectivity index (χ3v) is 2.17. The van der Waals surface area contributed by atoms with Gasteiger partial charge in [0, 0.05) is 13.6 Å². The van der Waals surface area contributed by atoms with Crippen molar-refractivity contribution in [3.63, 3.8) is 0 Å². The van der Waals surface area contributed by atoms with Crippen LogP contribution in [0.1, 0.15) is 12.5 Å². The molecule has 1 rings (SSSR count). The highest BCUT2D eigenvalue weighted by Crippen LogP contribution is 2.10. The van der Waals surface area contributed by atoms with Crippen LogP contribution in [0.2, 0.25) is 0 Å². The van der Waals surface area contributed by atoms with E-state index < -0.39 is 17.7 Å². The molecule has 0 heterocycles. The minimum atomic E-state index is -0.917. The SMILES string of the molecule is C[C@@H](N)C(=O)N(C)Cc1ccc(F)c(F)c1.Cl. The Kier molecular flexibility index (Phi) is 6.05. The zero-order valence-corrected chi connectivity index (χ0v) is 10.4. The largest absolute Gasteiger partial charge is 0.340 e. The second kappa shape index (κ2) is 6.51. The van der Waals surface area contributed by atoms with Gasteiger partial charge in [0.2, 0.25) is 5.91 Å². The van der Waals surface area contributed by atoms with E-state index in [2.05, 4.69) is 0 Å². The summed E-state index contributed by atoms with van der Waals surface area (Å²) in [6.07, 6.45) is 0. The quantitative estimate of drug-likeness (QED) is 0.903. The molecule has 1 aromatic carbocycles. The van der Waals surface area contributed by atoms with Crippen molar-refractivity contribution >= 4 is 18.3 Å². The fourth-order valence-corrected chi connectivity index (χ4v) is 1.34. The van der Waals surface area contributed by atoms with Gasteiger partial charge in [-0.3, -0.25) is 4.79 Å². The van der Waals surface area contributed by atoms with Gasteiger partial charge in [0.25, 0.3) is 0 Å². The van der Waals surface area contributed by atoms with E-state index in [-0.39, 0.29) is 24.9 Å². The molecule has 0 aliphatic rings. The van der Waals surface area contributed by atoms with Crippen LogP contribution in [0.3, 0.4) is 0 Å². The molecule has 0 aliphatic heterocycles. The number of benzene rings is 1. The first-order valence-corrected chi connectivity index (χ1v) is 4.86. The smallest absolute Gasteiger partial charge is 0.239 e. The molecule has 0 unspecified atom stereocenters. The number of hydrogen-bond acceptors (Lipinski definition) is 2. The molecule has 1 amide bonds. The summed E-state index contributed by atoms with van der Waals surface area (Å²) in [7, 11) is 1.56. The summed E-state index contributed by atoms with van der Waals surface area (Å²) in [5.74, 6) is -2.06. The number of rotatable bonds is 3. The third-order valence-electron chi connectivity index (χ3n) is 2.17.